The number of aliphatic imine (C=N–C) groups is 1. The van der Waals surface area contributed by atoms with Crippen LogP contribution in [0, 0.1) is 5.41 Å². The highest BCUT2D eigenvalue weighted by Crippen LogP contribution is 2.38. The lowest BCUT2D eigenvalue weighted by Crippen LogP contribution is -2.33. The van der Waals surface area contributed by atoms with Gasteiger partial charge in [-0.15, -0.1) is 0 Å². The number of nitrogens with zero attached hydrogens (tertiary/aromatic N) is 1. The lowest BCUT2D eigenvalue weighted by atomic mass is 9.87. The standard InChI is InChI=1S/C9H16N2/c1-9(4-2-3-5-9)8-10-6-7-11-8/h2-7H2,1H3,(H,10,11). The van der Waals surface area contributed by atoms with Crippen LogP contribution in [0.25, 0.3) is 0 Å². The molecule has 0 bridgehead atoms. The van der Waals surface area contributed by atoms with E-state index in [0.717, 1.165) is 13.1 Å². The van der Waals surface area contributed by atoms with Crippen molar-refractivity contribution in [3.63, 3.8) is 0 Å². The molecule has 1 N–H and O–H groups in total. The molecule has 1 aliphatic heterocycles. The van der Waals surface area contributed by atoms with Crippen LogP contribution in [0.4, 0.5) is 0 Å². The van der Waals surface area contributed by atoms with E-state index >= 15 is 0 Å². The van der Waals surface area contributed by atoms with E-state index < -0.39 is 0 Å². The van der Waals surface area contributed by atoms with E-state index in [4.69, 9.17) is 0 Å². The zero-order valence-electron chi connectivity index (χ0n) is 7.19. The van der Waals surface area contributed by atoms with Gasteiger partial charge in [0, 0.05) is 12.0 Å². The fraction of sp³-hybridized carbons (Fsp3) is 0.889. The number of hydrogen-bond acceptors (Lipinski definition) is 2. The summed E-state index contributed by atoms with van der Waals surface area (Å²) in [5.41, 5.74) is 0.413. The lowest BCUT2D eigenvalue weighted by Gasteiger charge is -2.23. The van der Waals surface area contributed by atoms with Gasteiger partial charge in [-0.3, -0.25) is 4.99 Å². The second kappa shape index (κ2) is 2.50. The first-order valence-electron chi connectivity index (χ1n) is 4.60. The van der Waals surface area contributed by atoms with Crippen molar-refractivity contribution in [1.82, 2.24) is 5.32 Å². The second-order valence-electron chi connectivity index (χ2n) is 3.92. The smallest absolute Gasteiger partial charge is 0.102 e. The van der Waals surface area contributed by atoms with Crippen LogP contribution < -0.4 is 5.32 Å². The Balaban J connectivity index is 2.12. The van der Waals surface area contributed by atoms with E-state index in [1.807, 2.05) is 0 Å². The molecule has 0 radical (unpaired) electrons. The van der Waals surface area contributed by atoms with Crippen LogP contribution >= 0.6 is 0 Å². The van der Waals surface area contributed by atoms with Crippen molar-refractivity contribution in [2.75, 3.05) is 13.1 Å². The predicted octanol–water partition coefficient (Wildman–Crippen LogP) is 1.57. The molecule has 0 amide bonds. The van der Waals surface area contributed by atoms with E-state index in [1.165, 1.54) is 31.5 Å². The summed E-state index contributed by atoms with van der Waals surface area (Å²) in [5.74, 6) is 1.29. The molecule has 0 spiro atoms. The van der Waals surface area contributed by atoms with Gasteiger partial charge >= 0.3 is 0 Å². The SMILES string of the molecule is CC1(C2=NCCN2)CCCC1. The summed E-state index contributed by atoms with van der Waals surface area (Å²) in [6.45, 7) is 4.40. The third kappa shape index (κ3) is 1.15. The molecule has 2 rings (SSSR count). The highest BCUT2D eigenvalue weighted by atomic mass is 15.1. The average molecular weight is 152 g/mol. The van der Waals surface area contributed by atoms with Crippen LogP contribution in [-0.2, 0) is 0 Å². The third-order valence-electron chi connectivity index (χ3n) is 2.95. The van der Waals surface area contributed by atoms with Crippen molar-refractivity contribution in [3.8, 4) is 0 Å². The maximum atomic E-state index is 4.50. The normalized spacial score (nSPS) is 28.3. The second-order valence-corrected chi connectivity index (χ2v) is 3.92. The predicted molar refractivity (Wildman–Crippen MR) is 46.9 cm³/mol. The number of nitrogens with one attached hydrogen (secondary N) is 1. The Morgan fingerprint density at radius 1 is 1.36 bits per heavy atom. The fourth-order valence-electron chi connectivity index (χ4n) is 2.19. The Morgan fingerprint density at radius 2 is 2.09 bits per heavy atom. The quantitative estimate of drug-likeness (QED) is 0.606. The topological polar surface area (TPSA) is 24.4 Å². The molecule has 2 heteroatoms. The van der Waals surface area contributed by atoms with Gasteiger partial charge in [-0.05, 0) is 12.8 Å². The molecule has 2 aliphatic rings. The molecule has 1 heterocycles. The molecule has 0 aromatic rings. The van der Waals surface area contributed by atoms with Gasteiger partial charge in [0.05, 0.1) is 6.54 Å². The summed E-state index contributed by atoms with van der Waals surface area (Å²) < 4.78 is 0. The van der Waals surface area contributed by atoms with Crippen molar-refractivity contribution >= 4 is 5.84 Å². The van der Waals surface area contributed by atoms with Gasteiger partial charge in [0.1, 0.15) is 5.84 Å². The molecular weight excluding hydrogens is 136 g/mol. The van der Waals surface area contributed by atoms with Crippen LogP contribution in [0.3, 0.4) is 0 Å². The van der Waals surface area contributed by atoms with Gasteiger partial charge in [-0.2, -0.15) is 0 Å². The van der Waals surface area contributed by atoms with Crippen molar-refractivity contribution in [2.45, 2.75) is 32.6 Å². The molecule has 0 saturated heterocycles. The minimum absolute atomic E-state index is 0.413. The molecule has 1 saturated carbocycles. The molecule has 0 atom stereocenters. The largest absolute Gasteiger partial charge is 0.372 e. The molecule has 2 nitrogen and oxygen atoms in total. The monoisotopic (exact) mass is 152 g/mol. The molecule has 11 heavy (non-hydrogen) atoms. The molecule has 0 aromatic heterocycles. The molecule has 0 unspecified atom stereocenters. The summed E-state index contributed by atoms with van der Waals surface area (Å²) in [5, 5.41) is 3.39. The highest BCUT2D eigenvalue weighted by Gasteiger charge is 2.34. The van der Waals surface area contributed by atoms with Crippen molar-refractivity contribution in [3.05, 3.63) is 0 Å². The molecular formula is C9H16N2. The molecule has 1 fully saturated rings. The maximum Gasteiger partial charge on any atom is 0.102 e. The summed E-state index contributed by atoms with van der Waals surface area (Å²) in [7, 11) is 0. The van der Waals surface area contributed by atoms with Crippen LogP contribution in [0.5, 0.6) is 0 Å². The summed E-state index contributed by atoms with van der Waals surface area (Å²) in [4.78, 5) is 4.50. The first kappa shape index (κ1) is 7.14. The van der Waals surface area contributed by atoms with Gasteiger partial charge in [0.25, 0.3) is 0 Å². The number of hydrogen-bond donors (Lipinski definition) is 1. The zero-order chi connectivity index (χ0) is 7.73. The van der Waals surface area contributed by atoms with E-state index in [-0.39, 0.29) is 0 Å². The summed E-state index contributed by atoms with van der Waals surface area (Å²) >= 11 is 0. The molecule has 1 aliphatic carbocycles. The molecule has 0 aromatic carbocycles. The summed E-state index contributed by atoms with van der Waals surface area (Å²) in [6.07, 6.45) is 5.44. The number of amidine groups is 1. The van der Waals surface area contributed by atoms with Gasteiger partial charge in [0.15, 0.2) is 0 Å². The van der Waals surface area contributed by atoms with Crippen LogP contribution in [-0.4, -0.2) is 18.9 Å². The first-order valence-corrected chi connectivity index (χ1v) is 4.60. The average Bonchev–Trinajstić information content (AvgIpc) is 2.55. The van der Waals surface area contributed by atoms with Crippen molar-refractivity contribution in [2.24, 2.45) is 10.4 Å². The summed E-state index contributed by atoms with van der Waals surface area (Å²) in [6, 6.07) is 0. The Kier molecular flexibility index (Phi) is 1.63. The Bertz CT molecular complexity index is 178. The van der Waals surface area contributed by atoms with Gasteiger partial charge < -0.3 is 5.32 Å². The Morgan fingerprint density at radius 3 is 2.64 bits per heavy atom. The van der Waals surface area contributed by atoms with Crippen LogP contribution in [0.1, 0.15) is 32.6 Å². The molecule has 62 valence electrons. The van der Waals surface area contributed by atoms with Gasteiger partial charge in [0.2, 0.25) is 0 Å². The van der Waals surface area contributed by atoms with E-state index in [9.17, 15) is 0 Å². The van der Waals surface area contributed by atoms with Crippen molar-refractivity contribution < 1.29 is 0 Å². The van der Waals surface area contributed by atoms with Crippen LogP contribution in [0.15, 0.2) is 4.99 Å². The van der Waals surface area contributed by atoms with Gasteiger partial charge in [-0.25, -0.2) is 0 Å². The first-order chi connectivity index (χ1) is 5.31. The third-order valence-corrected chi connectivity index (χ3v) is 2.95. The maximum absolute atomic E-state index is 4.50. The minimum Gasteiger partial charge on any atom is -0.372 e. The Labute approximate surface area is 68.1 Å². The Hall–Kier alpha value is -0.530. The van der Waals surface area contributed by atoms with Crippen molar-refractivity contribution in [1.29, 1.82) is 0 Å². The number of rotatable bonds is 1. The van der Waals surface area contributed by atoms with E-state index in [2.05, 4.69) is 17.2 Å². The highest BCUT2D eigenvalue weighted by molar-refractivity contribution is 5.89. The van der Waals surface area contributed by atoms with E-state index in [0.29, 0.717) is 5.41 Å². The minimum atomic E-state index is 0.413. The van der Waals surface area contributed by atoms with E-state index in [1.54, 1.807) is 0 Å². The lowest BCUT2D eigenvalue weighted by molar-refractivity contribution is 0.476. The fourth-order valence-corrected chi connectivity index (χ4v) is 2.19. The van der Waals surface area contributed by atoms with Crippen LogP contribution in [0.2, 0.25) is 0 Å². The van der Waals surface area contributed by atoms with Gasteiger partial charge in [-0.1, -0.05) is 19.8 Å². The zero-order valence-corrected chi connectivity index (χ0v) is 7.19.